The molecule has 2 N–H and O–H groups in total. The van der Waals surface area contributed by atoms with Crippen LogP contribution in [-0.2, 0) is 9.53 Å². The number of nitriles is 1. The Balaban J connectivity index is 1.97. The van der Waals surface area contributed by atoms with Crippen LogP contribution in [0.3, 0.4) is 0 Å². The summed E-state index contributed by atoms with van der Waals surface area (Å²) in [5.41, 5.74) is 1.40. The molecule has 0 aliphatic rings. The Labute approximate surface area is 139 Å². The van der Waals surface area contributed by atoms with Gasteiger partial charge >= 0.3 is 5.97 Å². The zero-order valence-electron chi connectivity index (χ0n) is 12.7. The predicted molar refractivity (Wildman–Crippen MR) is 89.8 cm³/mol. The van der Waals surface area contributed by atoms with Crippen molar-refractivity contribution >= 4 is 18.1 Å². The molecule has 5 heteroatoms. The first-order valence-corrected chi connectivity index (χ1v) is 7.12. The fourth-order valence-electron chi connectivity index (χ4n) is 1.84. The van der Waals surface area contributed by atoms with Crippen LogP contribution in [0.2, 0.25) is 0 Å². The van der Waals surface area contributed by atoms with Gasteiger partial charge in [-0.05, 0) is 35.4 Å². The second-order valence-corrected chi connectivity index (χ2v) is 4.84. The molecule has 0 spiro atoms. The van der Waals surface area contributed by atoms with Crippen molar-refractivity contribution in [3.63, 3.8) is 0 Å². The first-order valence-electron chi connectivity index (χ1n) is 7.12. The molecule has 0 amide bonds. The average Bonchev–Trinajstić information content (AvgIpc) is 2.60. The smallest absolute Gasteiger partial charge is 0.332 e. The Bertz CT molecular complexity index is 804. The number of nitrogens with zero attached hydrogens (tertiary/aromatic N) is 1. The van der Waals surface area contributed by atoms with E-state index in [1.165, 1.54) is 30.4 Å². The highest BCUT2D eigenvalue weighted by Crippen LogP contribution is 2.25. The zero-order chi connectivity index (χ0) is 17.4. The predicted octanol–water partition coefficient (Wildman–Crippen LogP) is 3.26. The van der Waals surface area contributed by atoms with E-state index in [1.807, 2.05) is 36.4 Å². The van der Waals surface area contributed by atoms with Gasteiger partial charge in [-0.15, -0.1) is 0 Å². The number of carbonyl (C=O) groups is 1. The lowest BCUT2D eigenvalue weighted by Crippen LogP contribution is -2.11. The Morgan fingerprint density at radius 2 is 1.79 bits per heavy atom. The van der Waals surface area contributed by atoms with E-state index in [9.17, 15) is 15.0 Å². The summed E-state index contributed by atoms with van der Waals surface area (Å²) >= 11 is 0. The fraction of sp³-hybridized carbons (Fsp3) is 0.0526. The Morgan fingerprint density at radius 3 is 2.46 bits per heavy atom. The number of rotatable bonds is 5. The molecule has 1 atom stereocenters. The van der Waals surface area contributed by atoms with Gasteiger partial charge in [-0.3, -0.25) is 0 Å². The van der Waals surface area contributed by atoms with Gasteiger partial charge in [0.05, 0.1) is 0 Å². The summed E-state index contributed by atoms with van der Waals surface area (Å²) in [5, 5.41) is 27.7. The average molecular weight is 321 g/mol. The number of phenols is 2. The third-order valence-corrected chi connectivity index (χ3v) is 3.04. The molecular weight excluding hydrogens is 306 g/mol. The van der Waals surface area contributed by atoms with Crippen LogP contribution in [-0.4, -0.2) is 22.3 Å². The van der Waals surface area contributed by atoms with Crippen LogP contribution in [0.1, 0.15) is 11.1 Å². The normalized spacial score (nSPS) is 12.1. The molecule has 0 heterocycles. The minimum absolute atomic E-state index is 0.235. The number of esters is 1. The molecule has 0 aliphatic carbocycles. The summed E-state index contributed by atoms with van der Waals surface area (Å²) in [6.45, 7) is 0. The maximum Gasteiger partial charge on any atom is 0.332 e. The maximum atomic E-state index is 11.7. The minimum Gasteiger partial charge on any atom is -0.504 e. The molecule has 5 nitrogen and oxygen atoms in total. The van der Waals surface area contributed by atoms with Crippen molar-refractivity contribution < 1.29 is 19.7 Å². The van der Waals surface area contributed by atoms with E-state index in [-0.39, 0.29) is 11.5 Å². The van der Waals surface area contributed by atoms with Crippen LogP contribution >= 0.6 is 0 Å². The van der Waals surface area contributed by atoms with Crippen molar-refractivity contribution in [3.05, 3.63) is 71.8 Å². The third kappa shape index (κ3) is 5.04. The summed E-state index contributed by atoms with van der Waals surface area (Å²) < 4.78 is 5.01. The molecule has 0 saturated carbocycles. The number of phenolic OH excluding ortho intramolecular Hbond substituents is 2. The third-order valence-electron chi connectivity index (χ3n) is 3.04. The van der Waals surface area contributed by atoms with E-state index in [0.29, 0.717) is 5.56 Å². The molecule has 0 radical (unpaired) electrons. The lowest BCUT2D eigenvalue weighted by Gasteiger charge is -2.04. The highest BCUT2D eigenvalue weighted by molar-refractivity contribution is 5.87. The lowest BCUT2D eigenvalue weighted by atomic mass is 10.1. The first-order chi connectivity index (χ1) is 11.6. The first kappa shape index (κ1) is 16.8. The highest BCUT2D eigenvalue weighted by atomic mass is 16.5. The van der Waals surface area contributed by atoms with Crippen LogP contribution in [0.25, 0.3) is 12.2 Å². The molecule has 2 rings (SSSR count). The number of carbonyl (C=O) groups excluding carboxylic acids is 1. The van der Waals surface area contributed by atoms with Crippen molar-refractivity contribution in [3.8, 4) is 17.6 Å². The Kier molecular flexibility index (Phi) is 5.76. The number of hydrogen-bond donors (Lipinski definition) is 2. The van der Waals surface area contributed by atoms with Gasteiger partial charge in [0.2, 0.25) is 6.10 Å². The van der Waals surface area contributed by atoms with E-state index >= 15 is 0 Å². The quantitative estimate of drug-likeness (QED) is 0.501. The Hall–Kier alpha value is -3.52. The maximum absolute atomic E-state index is 11.7. The van der Waals surface area contributed by atoms with Crippen LogP contribution in [0.5, 0.6) is 11.5 Å². The van der Waals surface area contributed by atoms with E-state index in [0.717, 1.165) is 5.56 Å². The van der Waals surface area contributed by atoms with Gasteiger partial charge in [0.25, 0.3) is 0 Å². The second kappa shape index (κ2) is 8.20. The molecule has 2 aromatic carbocycles. The zero-order valence-corrected chi connectivity index (χ0v) is 12.7. The highest BCUT2D eigenvalue weighted by Gasteiger charge is 2.08. The lowest BCUT2D eigenvalue weighted by molar-refractivity contribution is -0.138. The topological polar surface area (TPSA) is 90.6 Å². The molecule has 0 saturated heterocycles. The van der Waals surface area contributed by atoms with E-state index in [2.05, 4.69) is 0 Å². The largest absolute Gasteiger partial charge is 0.504 e. The number of hydrogen-bond acceptors (Lipinski definition) is 5. The van der Waals surface area contributed by atoms with Gasteiger partial charge in [-0.2, -0.15) is 5.26 Å². The van der Waals surface area contributed by atoms with Crippen LogP contribution < -0.4 is 0 Å². The minimum atomic E-state index is -1.06. The molecule has 0 aliphatic heterocycles. The summed E-state index contributed by atoms with van der Waals surface area (Å²) in [6.07, 6.45) is 4.69. The fourth-order valence-corrected chi connectivity index (χ4v) is 1.84. The summed E-state index contributed by atoms with van der Waals surface area (Å²) in [5.74, 6) is -1.14. The SMILES string of the molecule is N#CC(C=Cc1ccc(O)c(O)c1)OC(=O)C=Cc1ccccc1. The molecule has 2 aromatic rings. The number of ether oxygens (including phenoxy) is 1. The molecular formula is C19H15NO4. The van der Waals surface area contributed by atoms with Gasteiger partial charge in [0.15, 0.2) is 11.5 Å². The molecule has 120 valence electrons. The molecule has 0 fully saturated rings. The number of benzene rings is 2. The van der Waals surface area contributed by atoms with Gasteiger partial charge in [-0.25, -0.2) is 4.79 Å². The van der Waals surface area contributed by atoms with Gasteiger partial charge in [0, 0.05) is 6.08 Å². The van der Waals surface area contributed by atoms with Crippen LogP contribution in [0, 0.1) is 11.3 Å². The van der Waals surface area contributed by atoms with Crippen molar-refractivity contribution in [1.29, 1.82) is 5.26 Å². The van der Waals surface area contributed by atoms with E-state index in [1.54, 1.807) is 12.1 Å². The van der Waals surface area contributed by atoms with E-state index in [4.69, 9.17) is 10.00 Å². The van der Waals surface area contributed by atoms with Crippen molar-refractivity contribution in [2.24, 2.45) is 0 Å². The van der Waals surface area contributed by atoms with Gasteiger partial charge in [0.1, 0.15) is 6.07 Å². The van der Waals surface area contributed by atoms with Crippen molar-refractivity contribution in [2.45, 2.75) is 6.10 Å². The van der Waals surface area contributed by atoms with Crippen molar-refractivity contribution in [1.82, 2.24) is 0 Å². The van der Waals surface area contributed by atoms with Crippen molar-refractivity contribution in [2.75, 3.05) is 0 Å². The van der Waals surface area contributed by atoms with Crippen LogP contribution in [0.15, 0.2) is 60.7 Å². The summed E-state index contributed by atoms with van der Waals surface area (Å²) in [7, 11) is 0. The second-order valence-electron chi connectivity index (χ2n) is 4.84. The number of aromatic hydroxyl groups is 2. The molecule has 0 aromatic heterocycles. The Morgan fingerprint density at radius 1 is 1.04 bits per heavy atom. The monoisotopic (exact) mass is 321 g/mol. The molecule has 0 bridgehead atoms. The van der Waals surface area contributed by atoms with E-state index < -0.39 is 12.1 Å². The molecule has 1 unspecified atom stereocenters. The van der Waals surface area contributed by atoms with Crippen LogP contribution in [0.4, 0.5) is 0 Å². The van der Waals surface area contributed by atoms with Gasteiger partial charge in [-0.1, -0.05) is 42.5 Å². The molecule has 24 heavy (non-hydrogen) atoms. The van der Waals surface area contributed by atoms with Gasteiger partial charge < -0.3 is 14.9 Å². The summed E-state index contributed by atoms with van der Waals surface area (Å²) in [4.78, 5) is 11.7. The standard InChI is InChI=1S/C19H15NO4/c20-13-16(9-6-15-7-10-17(21)18(22)12-15)24-19(23)11-8-14-4-2-1-3-5-14/h1-12,16,21-22H. The summed E-state index contributed by atoms with van der Waals surface area (Å²) in [6, 6.07) is 15.3.